The molecule has 0 aromatic heterocycles. The van der Waals surface area contributed by atoms with Crippen LogP contribution >= 0.6 is 0 Å². The molecule has 0 atom stereocenters. The molecule has 0 aliphatic carbocycles. The standard InChI is InChI=1S/C39H30O12/c1-4-28(40)21-35(41)33-19-18-32(51-39(45)26-12-16-30(17-13-26)47-24-49-37(43)6-3)22-34(33)27-8-7-9-31(20-27)50-38(44)25-10-14-29(15-11-25)46-23-48-36(42)5-2/h4-20,22H,1-3,21,23-24H2. The Bertz CT molecular complexity index is 1970. The van der Waals surface area contributed by atoms with Crippen LogP contribution in [0.2, 0.25) is 0 Å². The lowest BCUT2D eigenvalue weighted by molar-refractivity contribution is -0.145. The molecular formula is C39H30O12. The van der Waals surface area contributed by atoms with Gasteiger partial charge in [0.2, 0.25) is 13.6 Å². The highest BCUT2D eigenvalue weighted by Gasteiger charge is 2.19. The number of allylic oxidation sites excluding steroid dienone is 1. The molecule has 0 aliphatic heterocycles. The van der Waals surface area contributed by atoms with Gasteiger partial charge >= 0.3 is 23.9 Å². The number of carbonyl (C=O) groups excluding carboxylic acids is 6. The molecule has 0 N–H and O–H groups in total. The molecular weight excluding hydrogens is 660 g/mol. The van der Waals surface area contributed by atoms with Gasteiger partial charge in [-0.3, -0.25) is 9.59 Å². The van der Waals surface area contributed by atoms with Gasteiger partial charge in [0.1, 0.15) is 23.0 Å². The third-order valence-corrected chi connectivity index (χ3v) is 6.79. The minimum Gasteiger partial charge on any atom is -0.457 e. The van der Waals surface area contributed by atoms with Gasteiger partial charge in [-0.25, -0.2) is 19.2 Å². The first-order valence-electron chi connectivity index (χ1n) is 15.0. The van der Waals surface area contributed by atoms with E-state index in [9.17, 15) is 28.8 Å². The average molecular weight is 691 g/mol. The quantitative estimate of drug-likeness (QED) is 0.0307. The maximum Gasteiger partial charge on any atom is 0.343 e. The lowest BCUT2D eigenvalue weighted by Crippen LogP contribution is -2.11. The van der Waals surface area contributed by atoms with Crippen LogP contribution in [0.5, 0.6) is 23.0 Å². The molecule has 4 aromatic carbocycles. The van der Waals surface area contributed by atoms with Gasteiger partial charge in [0, 0.05) is 17.7 Å². The highest BCUT2D eigenvalue weighted by atomic mass is 16.7. The topological polar surface area (TPSA) is 158 Å². The lowest BCUT2D eigenvalue weighted by Gasteiger charge is -2.13. The molecule has 12 heteroatoms. The number of ketones is 2. The van der Waals surface area contributed by atoms with E-state index < -0.39 is 41.9 Å². The Balaban J connectivity index is 1.52. The second-order valence-electron chi connectivity index (χ2n) is 10.2. The zero-order valence-electron chi connectivity index (χ0n) is 27.0. The van der Waals surface area contributed by atoms with Gasteiger partial charge in [0.25, 0.3) is 0 Å². The third-order valence-electron chi connectivity index (χ3n) is 6.79. The molecule has 0 heterocycles. The van der Waals surface area contributed by atoms with Crippen LogP contribution in [0.3, 0.4) is 0 Å². The number of benzene rings is 4. The van der Waals surface area contributed by atoms with Crippen molar-refractivity contribution in [2.45, 2.75) is 6.42 Å². The van der Waals surface area contributed by atoms with Crippen LogP contribution in [0.1, 0.15) is 37.5 Å². The summed E-state index contributed by atoms with van der Waals surface area (Å²) in [5.74, 6) is -2.80. The van der Waals surface area contributed by atoms with Crippen LogP contribution in [0.4, 0.5) is 0 Å². The van der Waals surface area contributed by atoms with Crippen LogP contribution < -0.4 is 18.9 Å². The molecule has 0 aliphatic rings. The first kappa shape index (κ1) is 36.8. The monoisotopic (exact) mass is 690 g/mol. The molecule has 0 saturated heterocycles. The molecule has 0 radical (unpaired) electrons. The molecule has 4 rings (SSSR count). The summed E-state index contributed by atoms with van der Waals surface area (Å²) >= 11 is 0. The first-order valence-corrected chi connectivity index (χ1v) is 15.0. The maximum absolute atomic E-state index is 13.2. The van der Waals surface area contributed by atoms with Crippen molar-refractivity contribution in [2.24, 2.45) is 0 Å². The summed E-state index contributed by atoms with van der Waals surface area (Å²) in [5.41, 5.74) is 1.25. The van der Waals surface area contributed by atoms with Crippen LogP contribution in [-0.4, -0.2) is 49.0 Å². The fourth-order valence-corrected chi connectivity index (χ4v) is 4.26. The number of Topliss-reactive ketones (excluding diaryl/α,β-unsaturated/α-hetero) is 1. The molecule has 0 fully saturated rings. The molecule has 0 amide bonds. The van der Waals surface area contributed by atoms with E-state index in [0.29, 0.717) is 22.6 Å². The van der Waals surface area contributed by atoms with E-state index in [1.807, 2.05) is 0 Å². The van der Waals surface area contributed by atoms with Crippen LogP contribution in [-0.2, 0) is 23.9 Å². The minimum atomic E-state index is -0.719. The predicted octanol–water partition coefficient (Wildman–Crippen LogP) is 6.25. The molecule has 258 valence electrons. The highest BCUT2D eigenvalue weighted by Crippen LogP contribution is 2.32. The third kappa shape index (κ3) is 10.7. The van der Waals surface area contributed by atoms with Crippen molar-refractivity contribution in [3.8, 4) is 34.1 Å². The second-order valence-corrected chi connectivity index (χ2v) is 10.2. The van der Waals surface area contributed by atoms with E-state index in [1.165, 1.54) is 78.9 Å². The SMILES string of the molecule is C=CC(=O)CC(=O)c1ccc(OC(=O)c2ccc(OCOC(=O)C=C)cc2)cc1-c1cccc(OC(=O)c2ccc(OCOC(=O)C=C)cc2)c1. The Labute approximate surface area is 292 Å². The Morgan fingerprint density at radius 2 is 1.04 bits per heavy atom. The van der Waals surface area contributed by atoms with Gasteiger partial charge in [-0.2, -0.15) is 0 Å². The molecule has 0 bridgehead atoms. The van der Waals surface area contributed by atoms with E-state index in [4.69, 9.17) is 28.4 Å². The predicted molar refractivity (Wildman–Crippen MR) is 182 cm³/mol. The lowest BCUT2D eigenvalue weighted by atomic mass is 9.94. The van der Waals surface area contributed by atoms with E-state index in [-0.39, 0.29) is 41.8 Å². The molecule has 0 saturated carbocycles. The van der Waals surface area contributed by atoms with Crippen LogP contribution in [0.15, 0.2) is 129 Å². The van der Waals surface area contributed by atoms with E-state index in [2.05, 4.69) is 19.7 Å². The van der Waals surface area contributed by atoms with E-state index >= 15 is 0 Å². The highest BCUT2D eigenvalue weighted by molar-refractivity contribution is 6.14. The van der Waals surface area contributed by atoms with Crippen molar-refractivity contribution in [2.75, 3.05) is 13.6 Å². The van der Waals surface area contributed by atoms with Crippen molar-refractivity contribution in [3.05, 3.63) is 146 Å². The fraction of sp³-hybridized carbons (Fsp3) is 0.0769. The zero-order valence-corrected chi connectivity index (χ0v) is 27.0. The Hall–Kier alpha value is -7.08. The number of rotatable bonds is 17. The molecule has 12 nitrogen and oxygen atoms in total. The van der Waals surface area contributed by atoms with Gasteiger partial charge < -0.3 is 28.4 Å². The van der Waals surface area contributed by atoms with Gasteiger partial charge in [-0.05, 0) is 96.1 Å². The largest absolute Gasteiger partial charge is 0.457 e. The summed E-state index contributed by atoms with van der Waals surface area (Å²) in [5, 5.41) is 0. The van der Waals surface area contributed by atoms with Crippen molar-refractivity contribution >= 4 is 35.4 Å². The Morgan fingerprint density at radius 3 is 1.53 bits per heavy atom. The smallest absolute Gasteiger partial charge is 0.343 e. The summed E-state index contributed by atoms with van der Waals surface area (Å²) in [6.45, 7) is 9.32. The second kappa shape index (κ2) is 17.9. The van der Waals surface area contributed by atoms with Crippen molar-refractivity contribution in [1.29, 1.82) is 0 Å². The van der Waals surface area contributed by atoms with Crippen molar-refractivity contribution in [3.63, 3.8) is 0 Å². The first-order chi connectivity index (χ1) is 24.6. The average Bonchev–Trinajstić information content (AvgIpc) is 3.15. The van der Waals surface area contributed by atoms with Gasteiger partial charge in [0.15, 0.2) is 11.6 Å². The number of hydrogen-bond donors (Lipinski definition) is 0. The van der Waals surface area contributed by atoms with Gasteiger partial charge in [-0.1, -0.05) is 31.9 Å². The van der Waals surface area contributed by atoms with Crippen molar-refractivity contribution < 1.29 is 57.2 Å². The number of esters is 4. The normalized spacial score (nSPS) is 10.1. The number of ether oxygens (including phenoxy) is 6. The number of hydrogen-bond acceptors (Lipinski definition) is 12. The molecule has 51 heavy (non-hydrogen) atoms. The van der Waals surface area contributed by atoms with Crippen molar-refractivity contribution in [1.82, 2.24) is 0 Å². The van der Waals surface area contributed by atoms with Crippen LogP contribution in [0, 0.1) is 0 Å². The zero-order chi connectivity index (χ0) is 36.8. The van der Waals surface area contributed by atoms with Crippen LogP contribution in [0.25, 0.3) is 11.1 Å². The summed E-state index contributed by atoms with van der Waals surface area (Å²) in [6.07, 6.45) is 2.61. The van der Waals surface area contributed by atoms with Gasteiger partial charge in [-0.15, -0.1) is 0 Å². The van der Waals surface area contributed by atoms with Gasteiger partial charge in [0.05, 0.1) is 17.5 Å². The summed E-state index contributed by atoms with van der Waals surface area (Å²) in [6, 6.07) is 22.4. The Kier molecular flexibility index (Phi) is 12.9. The number of carbonyl (C=O) groups is 6. The summed E-state index contributed by atoms with van der Waals surface area (Å²) in [4.78, 5) is 73.4. The minimum absolute atomic E-state index is 0.0854. The summed E-state index contributed by atoms with van der Waals surface area (Å²) < 4.78 is 31.3. The Morgan fingerprint density at radius 1 is 0.549 bits per heavy atom. The summed E-state index contributed by atoms with van der Waals surface area (Å²) in [7, 11) is 0. The van der Waals surface area contributed by atoms with E-state index in [0.717, 1.165) is 18.2 Å². The fourth-order valence-electron chi connectivity index (χ4n) is 4.26. The van der Waals surface area contributed by atoms with E-state index in [1.54, 1.807) is 12.1 Å². The molecule has 0 unspecified atom stereocenters. The maximum atomic E-state index is 13.2. The molecule has 0 spiro atoms. The molecule has 4 aromatic rings.